The number of rotatable bonds is 8. The summed E-state index contributed by atoms with van der Waals surface area (Å²) < 4.78 is 1.62. The molecule has 0 radical (unpaired) electrons. The van der Waals surface area contributed by atoms with Crippen molar-refractivity contribution in [3.05, 3.63) is 89.4 Å². The normalized spacial score (nSPS) is 19.9. The van der Waals surface area contributed by atoms with E-state index in [1.165, 1.54) is 11.9 Å². The molecule has 1 aliphatic rings. The Balaban J connectivity index is 1.59. The summed E-state index contributed by atoms with van der Waals surface area (Å²) in [5.41, 5.74) is 7.29. The number of primary amides is 1. The van der Waals surface area contributed by atoms with Crippen LogP contribution in [-0.2, 0) is 9.59 Å². The molecule has 0 aromatic heterocycles. The number of hydrogen-bond acceptors (Lipinski definition) is 4. The summed E-state index contributed by atoms with van der Waals surface area (Å²) in [5.74, 6) is -1.72. The molecule has 31 heavy (non-hydrogen) atoms. The zero-order valence-electron chi connectivity index (χ0n) is 16.6. The Morgan fingerprint density at radius 2 is 1.58 bits per heavy atom. The number of carbonyl (C=O) groups is 2. The standard InChI is InChI=1S/C24H21ClN2O3S/c25-19-10-6-16(7-11-19)17-8-12-20(13-9-17)31-27(15-22(26)28)24(23(29)30)14-21(24)18-4-2-1-3-5-18/h1-13,21H,14-15H2,(H2,26,28)(H,29,30). The second kappa shape index (κ2) is 8.75. The van der Waals surface area contributed by atoms with E-state index in [2.05, 4.69) is 0 Å². The summed E-state index contributed by atoms with van der Waals surface area (Å²) in [7, 11) is 0. The fourth-order valence-corrected chi connectivity index (χ4v) is 5.10. The monoisotopic (exact) mass is 452 g/mol. The molecule has 0 heterocycles. The van der Waals surface area contributed by atoms with Crippen LogP contribution in [0.2, 0.25) is 5.02 Å². The summed E-state index contributed by atoms with van der Waals surface area (Å²) in [4.78, 5) is 24.9. The minimum absolute atomic E-state index is 0.154. The molecule has 4 rings (SSSR count). The number of carboxylic acid groups (broad SMARTS) is 1. The van der Waals surface area contributed by atoms with Crippen LogP contribution in [0.1, 0.15) is 17.9 Å². The van der Waals surface area contributed by atoms with Gasteiger partial charge in [-0.15, -0.1) is 0 Å². The third-order valence-electron chi connectivity index (χ3n) is 5.50. The minimum atomic E-state index is -1.17. The quantitative estimate of drug-likeness (QED) is 0.479. The SMILES string of the molecule is NC(=O)CN(Sc1ccc(-c2ccc(Cl)cc2)cc1)C1(C(=O)O)CC1c1ccccc1. The number of nitrogens with two attached hydrogens (primary N) is 1. The average Bonchev–Trinajstić information content (AvgIpc) is 3.52. The van der Waals surface area contributed by atoms with Gasteiger partial charge < -0.3 is 10.8 Å². The van der Waals surface area contributed by atoms with Gasteiger partial charge in [-0.2, -0.15) is 0 Å². The van der Waals surface area contributed by atoms with Gasteiger partial charge in [-0.05, 0) is 59.3 Å². The van der Waals surface area contributed by atoms with Gasteiger partial charge in [0.05, 0.1) is 6.54 Å². The van der Waals surface area contributed by atoms with Gasteiger partial charge in [0.15, 0.2) is 0 Å². The van der Waals surface area contributed by atoms with Crippen LogP contribution in [-0.4, -0.2) is 33.4 Å². The summed E-state index contributed by atoms with van der Waals surface area (Å²) in [6.07, 6.45) is 0.426. The van der Waals surface area contributed by atoms with Crippen LogP contribution in [0.5, 0.6) is 0 Å². The van der Waals surface area contributed by atoms with Crippen LogP contribution in [0.15, 0.2) is 83.8 Å². The number of benzene rings is 3. The highest BCUT2D eigenvalue weighted by Crippen LogP contribution is 2.58. The smallest absolute Gasteiger partial charge is 0.325 e. The van der Waals surface area contributed by atoms with Crippen LogP contribution in [0.3, 0.4) is 0 Å². The number of amides is 1. The van der Waals surface area contributed by atoms with Crippen molar-refractivity contribution in [3.63, 3.8) is 0 Å². The molecule has 3 aromatic carbocycles. The Morgan fingerprint density at radius 1 is 1.00 bits per heavy atom. The van der Waals surface area contributed by atoms with Crippen molar-refractivity contribution in [1.82, 2.24) is 4.31 Å². The average molecular weight is 453 g/mol. The van der Waals surface area contributed by atoms with Gasteiger partial charge in [0.2, 0.25) is 5.91 Å². The third-order valence-corrected chi connectivity index (χ3v) is 6.91. The number of carboxylic acids is 1. The van der Waals surface area contributed by atoms with E-state index in [1.54, 1.807) is 4.31 Å². The van der Waals surface area contributed by atoms with Crippen molar-refractivity contribution in [2.45, 2.75) is 22.8 Å². The molecule has 5 nitrogen and oxygen atoms in total. The van der Waals surface area contributed by atoms with Crippen molar-refractivity contribution in [2.75, 3.05) is 6.54 Å². The van der Waals surface area contributed by atoms with Gasteiger partial charge in [0.1, 0.15) is 5.54 Å². The maximum Gasteiger partial charge on any atom is 0.325 e. The highest BCUT2D eigenvalue weighted by molar-refractivity contribution is 7.97. The number of hydrogen-bond donors (Lipinski definition) is 2. The van der Waals surface area contributed by atoms with Gasteiger partial charge in [-0.3, -0.25) is 9.59 Å². The highest BCUT2D eigenvalue weighted by atomic mass is 35.5. The van der Waals surface area contributed by atoms with E-state index in [1.807, 2.05) is 78.9 Å². The molecular formula is C24H21ClN2O3S. The molecule has 0 saturated heterocycles. The lowest BCUT2D eigenvalue weighted by atomic mass is 10.1. The molecule has 1 amide bonds. The van der Waals surface area contributed by atoms with Crippen molar-refractivity contribution in [3.8, 4) is 11.1 Å². The Morgan fingerprint density at radius 3 is 2.13 bits per heavy atom. The predicted molar refractivity (Wildman–Crippen MR) is 123 cm³/mol. The molecular weight excluding hydrogens is 432 g/mol. The van der Waals surface area contributed by atoms with E-state index in [9.17, 15) is 14.7 Å². The van der Waals surface area contributed by atoms with Crippen molar-refractivity contribution in [2.24, 2.45) is 5.73 Å². The number of nitrogens with zero attached hydrogens (tertiary/aromatic N) is 1. The number of aliphatic carboxylic acids is 1. The summed E-state index contributed by atoms with van der Waals surface area (Å²) in [5, 5.41) is 10.8. The molecule has 158 valence electrons. The van der Waals surface area contributed by atoms with Crippen molar-refractivity contribution < 1.29 is 14.7 Å². The van der Waals surface area contributed by atoms with Crippen LogP contribution in [0.4, 0.5) is 0 Å². The van der Waals surface area contributed by atoms with E-state index < -0.39 is 17.4 Å². The lowest BCUT2D eigenvalue weighted by molar-refractivity contribution is -0.143. The van der Waals surface area contributed by atoms with Gasteiger partial charge in [0.25, 0.3) is 0 Å². The molecule has 7 heteroatoms. The summed E-state index contributed by atoms with van der Waals surface area (Å²) >= 11 is 7.21. The molecule has 0 bridgehead atoms. The molecule has 3 aromatic rings. The van der Waals surface area contributed by atoms with Crippen LogP contribution in [0.25, 0.3) is 11.1 Å². The maximum atomic E-state index is 12.3. The molecule has 2 atom stereocenters. The van der Waals surface area contributed by atoms with Gasteiger partial charge >= 0.3 is 5.97 Å². The Kier molecular flexibility index (Phi) is 6.05. The zero-order valence-corrected chi connectivity index (χ0v) is 18.1. The molecule has 1 aliphatic carbocycles. The minimum Gasteiger partial charge on any atom is -0.480 e. The second-order valence-corrected chi connectivity index (χ2v) is 9.05. The van der Waals surface area contributed by atoms with E-state index >= 15 is 0 Å². The summed E-state index contributed by atoms with van der Waals surface area (Å²) in [6, 6.07) is 24.8. The topological polar surface area (TPSA) is 83.6 Å². The first-order valence-electron chi connectivity index (χ1n) is 9.78. The van der Waals surface area contributed by atoms with Crippen molar-refractivity contribution >= 4 is 35.4 Å². The molecule has 1 saturated carbocycles. The number of halogens is 1. The largest absolute Gasteiger partial charge is 0.480 e. The first-order chi connectivity index (χ1) is 14.9. The van der Waals surface area contributed by atoms with Gasteiger partial charge in [-0.25, -0.2) is 4.31 Å². The Hall–Kier alpha value is -2.80. The second-order valence-electron chi connectivity index (χ2n) is 7.52. The Bertz CT molecular complexity index is 1090. The molecule has 1 fully saturated rings. The van der Waals surface area contributed by atoms with E-state index in [0.29, 0.717) is 11.4 Å². The van der Waals surface area contributed by atoms with Crippen LogP contribution < -0.4 is 5.73 Å². The molecule has 2 unspecified atom stereocenters. The fraction of sp³-hybridized carbons (Fsp3) is 0.167. The summed E-state index contributed by atoms with van der Waals surface area (Å²) in [6.45, 7) is -0.154. The van der Waals surface area contributed by atoms with Gasteiger partial charge in [-0.1, -0.05) is 66.2 Å². The molecule has 0 spiro atoms. The maximum absolute atomic E-state index is 12.3. The first-order valence-corrected chi connectivity index (χ1v) is 10.9. The van der Waals surface area contributed by atoms with E-state index in [4.69, 9.17) is 17.3 Å². The van der Waals surface area contributed by atoms with Crippen molar-refractivity contribution in [1.29, 1.82) is 0 Å². The highest BCUT2D eigenvalue weighted by Gasteiger charge is 2.65. The van der Waals surface area contributed by atoms with Crippen LogP contribution >= 0.6 is 23.5 Å². The lowest BCUT2D eigenvalue weighted by Crippen LogP contribution is -2.44. The zero-order chi connectivity index (χ0) is 22.0. The predicted octanol–water partition coefficient (Wildman–Crippen LogP) is 4.81. The first kappa shape index (κ1) is 21.4. The van der Waals surface area contributed by atoms with Crippen LogP contribution in [0, 0.1) is 0 Å². The fourth-order valence-electron chi connectivity index (χ4n) is 3.82. The number of carbonyl (C=O) groups excluding carboxylic acids is 1. The molecule has 0 aliphatic heterocycles. The third kappa shape index (κ3) is 4.46. The molecule has 3 N–H and O–H groups in total. The van der Waals surface area contributed by atoms with E-state index in [0.717, 1.165) is 21.6 Å². The van der Waals surface area contributed by atoms with E-state index in [-0.39, 0.29) is 12.5 Å². The van der Waals surface area contributed by atoms with Gasteiger partial charge in [0, 0.05) is 15.8 Å². The lowest BCUT2D eigenvalue weighted by Gasteiger charge is -2.28. The Labute approximate surface area is 190 Å².